The zero-order chi connectivity index (χ0) is 13.5. The fraction of sp³-hybridized carbons (Fsp3) is 0.667. The van der Waals surface area contributed by atoms with Gasteiger partial charge in [-0.2, -0.15) is 0 Å². The summed E-state index contributed by atoms with van der Waals surface area (Å²) in [5.74, 6) is 0.915. The Kier molecular flexibility index (Phi) is 5.91. The van der Waals surface area contributed by atoms with Gasteiger partial charge < -0.3 is 5.32 Å². The molecule has 106 valence electrons. The average Bonchev–Trinajstić information content (AvgIpc) is 2.49. The van der Waals surface area contributed by atoms with Crippen molar-refractivity contribution in [1.82, 2.24) is 5.32 Å². The first-order valence-corrected chi connectivity index (χ1v) is 8.15. The highest BCUT2D eigenvalue weighted by molar-refractivity contribution is 5.25. The van der Waals surface area contributed by atoms with Gasteiger partial charge in [-0.15, -0.1) is 0 Å². The van der Waals surface area contributed by atoms with E-state index < -0.39 is 0 Å². The number of hydrogen-bond acceptors (Lipinski definition) is 1. The molecule has 1 aromatic carbocycles. The Morgan fingerprint density at radius 2 is 1.74 bits per heavy atom. The van der Waals surface area contributed by atoms with Gasteiger partial charge in [0.2, 0.25) is 0 Å². The van der Waals surface area contributed by atoms with Crippen LogP contribution in [0.25, 0.3) is 0 Å². The van der Waals surface area contributed by atoms with Gasteiger partial charge >= 0.3 is 0 Å². The minimum atomic E-state index is 0.535. The maximum Gasteiger partial charge on any atom is 0.0317 e. The van der Waals surface area contributed by atoms with Crippen LogP contribution in [0.15, 0.2) is 24.3 Å². The van der Waals surface area contributed by atoms with Crippen LogP contribution in [0.5, 0.6) is 0 Å². The predicted octanol–water partition coefficient (Wildman–Crippen LogP) is 4.87. The highest BCUT2D eigenvalue weighted by atomic mass is 14.9. The van der Waals surface area contributed by atoms with Crippen LogP contribution in [-0.4, -0.2) is 6.54 Å². The largest absolute Gasteiger partial charge is 0.310 e. The fourth-order valence-corrected chi connectivity index (χ4v) is 3.18. The third-order valence-electron chi connectivity index (χ3n) is 4.58. The molecular formula is C18H29N. The fourth-order valence-electron chi connectivity index (χ4n) is 3.18. The third kappa shape index (κ3) is 4.35. The van der Waals surface area contributed by atoms with Crippen molar-refractivity contribution >= 4 is 0 Å². The quantitative estimate of drug-likeness (QED) is 0.768. The molecule has 1 atom stereocenters. The summed E-state index contributed by atoms with van der Waals surface area (Å²) in [6.07, 6.45) is 9.50. The van der Waals surface area contributed by atoms with Crippen molar-refractivity contribution in [3.63, 3.8) is 0 Å². The molecule has 0 saturated heterocycles. The minimum Gasteiger partial charge on any atom is -0.310 e. The molecule has 19 heavy (non-hydrogen) atoms. The third-order valence-corrected chi connectivity index (χ3v) is 4.58. The SMILES string of the molecule is CCc1ccc(C(CC)NCC2CCCCC2)cc1. The molecule has 0 aromatic heterocycles. The predicted molar refractivity (Wildman–Crippen MR) is 83.4 cm³/mol. The van der Waals surface area contributed by atoms with Gasteiger partial charge in [0.25, 0.3) is 0 Å². The summed E-state index contributed by atoms with van der Waals surface area (Å²) >= 11 is 0. The summed E-state index contributed by atoms with van der Waals surface area (Å²) in [7, 11) is 0. The first-order valence-electron chi connectivity index (χ1n) is 8.15. The Labute approximate surface area is 118 Å². The van der Waals surface area contributed by atoms with E-state index >= 15 is 0 Å². The summed E-state index contributed by atoms with van der Waals surface area (Å²) in [4.78, 5) is 0. The first kappa shape index (κ1) is 14.6. The molecule has 1 heteroatoms. The first-order chi connectivity index (χ1) is 9.33. The van der Waals surface area contributed by atoms with Crippen LogP contribution in [0.3, 0.4) is 0 Å². The van der Waals surface area contributed by atoms with Crippen LogP contribution in [0.2, 0.25) is 0 Å². The minimum absolute atomic E-state index is 0.535. The molecule has 0 amide bonds. The Morgan fingerprint density at radius 1 is 1.05 bits per heavy atom. The normalized spacial score (nSPS) is 18.4. The summed E-state index contributed by atoms with van der Waals surface area (Å²) in [6, 6.07) is 9.70. The van der Waals surface area contributed by atoms with E-state index in [2.05, 4.69) is 43.4 Å². The van der Waals surface area contributed by atoms with Crippen molar-refractivity contribution in [3.05, 3.63) is 35.4 Å². The van der Waals surface area contributed by atoms with Gasteiger partial charge in [0.15, 0.2) is 0 Å². The molecule has 0 bridgehead atoms. The highest BCUT2D eigenvalue weighted by Gasteiger charge is 2.15. The maximum atomic E-state index is 3.79. The lowest BCUT2D eigenvalue weighted by molar-refractivity contribution is 0.326. The molecule has 0 radical (unpaired) electrons. The summed E-state index contributed by atoms with van der Waals surface area (Å²) in [5.41, 5.74) is 2.89. The smallest absolute Gasteiger partial charge is 0.0317 e. The highest BCUT2D eigenvalue weighted by Crippen LogP contribution is 2.24. The van der Waals surface area contributed by atoms with Gasteiger partial charge in [-0.25, -0.2) is 0 Å². The molecule has 1 aliphatic rings. The zero-order valence-electron chi connectivity index (χ0n) is 12.6. The van der Waals surface area contributed by atoms with Crippen LogP contribution < -0.4 is 5.32 Å². The van der Waals surface area contributed by atoms with Crippen molar-refractivity contribution < 1.29 is 0 Å². The number of hydrogen-bond donors (Lipinski definition) is 1. The molecule has 1 N–H and O–H groups in total. The lowest BCUT2D eigenvalue weighted by atomic mass is 9.89. The van der Waals surface area contributed by atoms with E-state index in [1.54, 1.807) is 0 Å². The Balaban J connectivity index is 1.87. The number of rotatable bonds is 6. The Morgan fingerprint density at radius 3 is 2.32 bits per heavy atom. The maximum absolute atomic E-state index is 3.79. The monoisotopic (exact) mass is 259 g/mol. The molecule has 1 fully saturated rings. The van der Waals surface area contributed by atoms with Gasteiger partial charge in [-0.1, -0.05) is 57.4 Å². The van der Waals surface area contributed by atoms with Crippen LogP contribution >= 0.6 is 0 Å². The molecule has 0 spiro atoms. The van der Waals surface area contributed by atoms with E-state index in [0.717, 1.165) is 12.3 Å². The second-order valence-corrected chi connectivity index (χ2v) is 5.97. The Bertz CT molecular complexity index is 348. The van der Waals surface area contributed by atoms with Gasteiger partial charge in [0.1, 0.15) is 0 Å². The van der Waals surface area contributed by atoms with Crippen molar-refractivity contribution in [2.75, 3.05) is 6.54 Å². The standard InChI is InChI=1S/C18H29N/c1-3-15-10-12-17(13-11-15)18(4-2)19-14-16-8-6-5-7-9-16/h10-13,16,18-19H,3-9,14H2,1-2H3. The molecule has 0 aliphatic heterocycles. The van der Waals surface area contributed by atoms with Crippen molar-refractivity contribution in [3.8, 4) is 0 Å². The zero-order valence-corrected chi connectivity index (χ0v) is 12.6. The van der Waals surface area contributed by atoms with E-state index in [4.69, 9.17) is 0 Å². The van der Waals surface area contributed by atoms with Crippen molar-refractivity contribution in [2.24, 2.45) is 5.92 Å². The molecular weight excluding hydrogens is 230 g/mol. The van der Waals surface area contributed by atoms with E-state index in [0.29, 0.717) is 6.04 Å². The van der Waals surface area contributed by atoms with Crippen LogP contribution in [0, 0.1) is 5.92 Å². The van der Waals surface area contributed by atoms with Crippen LogP contribution in [-0.2, 0) is 6.42 Å². The molecule has 1 aromatic rings. The van der Waals surface area contributed by atoms with E-state index in [9.17, 15) is 0 Å². The lowest BCUT2D eigenvalue weighted by Gasteiger charge is -2.25. The van der Waals surface area contributed by atoms with E-state index in [1.807, 2.05) is 0 Å². The second kappa shape index (κ2) is 7.69. The number of nitrogens with one attached hydrogen (secondary N) is 1. The molecule has 2 rings (SSSR count). The van der Waals surface area contributed by atoms with Gasteiger partial charge in [0, 0.05) is 6.04 Å². The molecule has 1 nitrogen and oxygen atoms in total. The molecule has 1 aliphatic carbocycles. The van der Waals surface area contributed by atoms with Gasteiger partial charge in [-0.3, -0.25) is 0 Å². The molecule has 1 unspecified atom stereocenters. The lowest BCUT2D eigenvalue weighted by Crippen LogP contribution is -2.28. The van der Waals surface area contributed by atoms with E-state index in [1.165, 1.54) is 56.2 Å². The van der Waals surface area contributed by atoms with Crippen LogP contribution in [0.1, 0.15) is 69.5 Å². The van der Waals surface area contributed by atoms with E-state index in [-0.39, 0.29) is 0 Å². The summed E-state index contributed by atoms with van der Waals surface area (Å²) < 4.78 is 0. The average molecular weight is 259 g/mol. The number of benzene rings is 1. The molecule has 0 heterocycles. The van der Waals surface area contributed by atoms with Crippen molar-refractivity contribution in [1.29, 1.82) is 0 Å². The van der Waals surface area contributed by atoms with Gasteiger partial charge in [0.05, 0.1) is 0 Å². The summed E-state index contributed by atoms with van der Waals surface area (Å²) in [6.45, 7) is 5.70. The number of aryl methyl sites for hydroxylation is 1. The van der Waals surface area contributed by atoms with Gasteiger partial charge in [-0.05, 0) is 49.3 Å². The van der Waals surface area contributed by atoms with Crippen LogP contribution in [0.4, 0.5) is 0 Å². The Hall–Kier alpha value is -0.820. The molecule has 1 saturated carbocycles. The van der Waals surface area contributed by atoms with Crippen molar-refractivity contribution in [2.45, 2.75) is 64.8 Å². The topological polar surface area (TPSA) is 12.0 Å². The summed E-state index contributed by atoms with van der Waals surface area (Å²) in [5, 5.41) is 3.79. The second-order valence-electron chi connectivity index (χ2n) is 5.97.